The molecule has 0 aliphatic carbocycles. The summed E-state index contributed by atoms with van der Waals surface area (Å²) in [5, 5.41) is 5.85. The van der Waals surface area contributed by atoms with Gasteiger partial charge < -0.3 is 14.5 Å². The Morgan fingerprint density at radius 2 is 1.69 bits per heavy atom. The number of hydrogen-bond donors (Lipinski definition) is 1. The number of imidazole rings is 1. The fourth-order valence-electron chi connectivity index (χ4n) is 5.05. The summed E-state index contributed by atoms with van der Waals surface area (Å²) in [5.41, 5.74) is 4.81. The molecule has 0 aliphatic heterocycles. The summed E-state index contributed by atoms with van der Waals surface area (Å²) in [4.78, 5) is 17.3. The van der Waals surface area contributed by atoms with Gasteiger partial charge in [0.2, 0.25) is 0 Å². The maximum absolute atomic E-state index is 12.9. The number of nitrogens with zero attached hydrogens (tertiary/aromatic N) is 3. The number of fused-ring (bicyclic) bond motifs is 1. The fourth-order valence-corrected chi connectivity index (χ4v) is 5.37. The zero-order chi connectivity index (χ0) is 25.4. The first-order valence-corrected chi connectivity index (χ1v) is 12.5. The Kier molecular flexibility index (Phi) is 6.47. The maximum Gasteiger partial charge on any atom is 0.251 e. The average Bonchev–Trinajstić information content (AvgIpc) is 3.37. The Hall–Kier alpha value is -3.38. The van der Waals surface area contributed by atoms with E-state index in [0.29, 0.717) is 10.0 Å². The Morgan fingerprint density at radius 3 is 2.39 bits per heavy atom. The van der Waals surface area contributed by atoms with Crippen molar-refractivity contribution in [2.75, 3.05) is 7.05 Å². The second-order valence-corrected chi connectivity index (χ2v) is 9.64. The molecule has 0 spiro atoms. The molecule has 0 fully saturated rings. The Balaban J connectivity index is 1.87. The van der Waals surface area contributed by atoms with Crippen LogP contribution in [0.4, 0.5) is 0 Å². The van der Waals surface area contributed by atoms with E-state index in [4.69, 9.17) is 23.2 Å². The highest BCUT2D eigenvalue weighted by Gasteiger charge is 2.38. The van der Waals surface area contributed by atoms with Crippen LogP contribution < -0.4 is 10.9 Å². The molecule has 5 nitrogen and oxygen atoms in total. The summed E-state index contributed by atoms with van der Waals surface area (Å²) in [6.45, 7) is 2.86. The number of pyridine rings is 1. The van der Waals surface area contributed by atoms with Crippen molar-refractivity contribution in [2.45, 2.75) is 19.0 Å². The third-order valence-corrected chi connectivity index (χ3v) is 7.39. The topological polar surface area (TPSA) is 51.9 Å². The van der Waals surface area contributed by atoms with Crippen molar-refractivity contribution in [1.82, 2.24) is 19.4 Å². The van der Waals surface area contributed by atoms with E-state index < -0.39 is 5.54 Å². The van der Waals surface area contributed by atoms with Crippen LogP contribution in [0.1, 0.15) is 23.7 Å². The molecule has 0 saturated heterocycles. The molecule has 36 heavy (non-hydrogen) atoms. The number of hydrogen-bond acceptors (Lipinski definition) is 3. The molecule has 1 N–H and O–H groups in total. The minimum Gasteiger partial charge on any atom is -0.333 e. The molecule has 3 aromatic carbocycles. The Labute approximate surface area is 219 Å². The third kappa shape index (κ3) is 3.94. The van der Waals surface area contributed by atoms with Crippen LogP contribution in [-0.4, -0.2) is 21.2 Å². The van der Waals surface area contributed by atoms with Gasteiger partial charge >= 0.3 is 0 Å². The second-order valence-electron chi connectivity index (χ2n) is 8.77. The van der Waals surface area contributed by atoms with Gasteiger partial charge in [0.05, 0.1) is 23.7 Å². The number of rotatable bonds is 6. The molecule has 182 valence electrons. The second kappa shape index (κ2) is 9.58. The first-order chi connectivity index (χ1) is 17.4. The lowest BCUT2D eigenvalue weighted by atomic mass is 9.79. The maximum atomic E-state index is 12.9. The fraction of sp³-hybridized carbons (Fsp3) is 0.172. The van der Waals surface area contributed by atoms with Crippen LogP contribution in [0.15, 0.2) is 90.1 Å². The zero-order valence-electron chi connectivity index (χ0n) is 20.3. The smallest absolute Gasteiger partial charge is 0.251 e. The monoisotopic (exact) mass is 516 g/mol. The van der Waals surface area contributed by atoms with E-state index in [2.05, 4.69) is 33.9 Å². The van der Waals surface area contributed by atoms with E-state index in [0.717, 1.165) is 45.4 Å². The number of aromatic nitrogens is 3. The molecule has 0 aliphatic rings. The highest BCUT2D eigenvalue weighted by Crippen LogP contribution is 2.39. The summed E-state index contributed by atoms with van der Waals surface area (Å²) < 4.78 is 3.81. The van der Waals surface area contributed by atoms with Crippen LogP contribution in [0.25, 0.3) is 22.0 Å². The van der Waals surface area contributed by atoms with Gasteiger partial charge in [-0.15, -0.1) is 0 Å². The van der Waals surface area contributed by atoms with E-state index in [1.807, 2.05) is 74.2 Å². The third-order valence-electron chi connectivity index (χ3n) is 6.90. The molecule has 0 amide bonds. The summed E-state index contributed by atoms with van der Waals surface area (Å²) in [6, 6.07) is 23.4. The molecular weight excluding hydrogens is 491 g/mol. The van der Waals surface area contributed by atoms with Crippen molar-refractivity contribution in [2.24, 2.45) is 7.05 Å². The summed E-state index contributed by atoms with van der Waals surface area (Å²) >= 11 is 12.6. The number of aryl methyl sites for hydroxylation is 2. The number of benzene rings is 3. The molecule has 5 rings (SSSR count). The largest absolute Gasteiger partial charge is 0.333 e. The molecular formula is C29H26Cl2N4O. The van der Waals surface area contributed by atoms with Crippen molar-refractivity contribution in [3.05, 3.63) is 123 Å². The molecule has 0 bridgehead atoms. The average molecular weight is 517 g/mol. The van der Waals surface area contributed by atoms with Gasteiger partial charge in [-0.25, -0.2) is 4.98 Å². The molecule has 2 aromatic heterocycles. The van der Waals surface area contributed by atoms with Gasteiger partial charge in [0.15, 0.2) is 0 Å². The van der Waals surface area contributed by atoms with Crippen LogP contribution in [0.5, 0.6) is 0 Å². The zero-order valence-corrected chi connectivity index (χ0v) is 21.8. The molecule has 7 heteroatoms. The van der Waals surface area contributed by atoms with Gasteiger partial charge in [-0.3, -0.25) is 4.79 Å². The van der Waals surface area contributed by atoms with Crippen molar-refractivity contribution in [1.29, 1.82) is 0 Å². The van der Waals surface area contributed by atoms with Crippen molar-refractivity contribution >= 4 is 34.1 Å². The van der Waals surface area contributed by atoms with Gasteiger partial charge in [-0.1, -0.05) is 53.5 Å². The van der Waals surface area contributed by atoms with Gasteiger partial charge in [-0.2, -0.15) is 0 Å². The molecule has 1 atom stereocenters. The normalized spacial score (nSPS) is 13.1. The Morgan fingerprint density at radius 1 is 0.944 bits per heavy atom. The van der Waals surface area contributed by atoms with E-state index in [1.54, 1.807) is 17.7 Å². The lowest BCUT2D eigenvalue weighted by Crippen LogP contribution is -2.44. The van der Waals surface area contributed by atoms with E-state index in [1.165, 1.54) is 0 Å². The quantitative estimate of drug-likeness (QED) is 0.290. The first kappa shape index (κ1) is 24.3. The van der Waals surface area contributed by atoms with Crippen LogP contribution in [0, 0.1) is 0 Å². The summed E-state index contributed by atoms with van der Waals surface area (Å²) in [6.07, 6.45) is 3.75. The molecule has 0 radical (unpaired) electrons. The van der Waals surface area contributed by atoms with Gasteiger partial charge in [0, 0.05) is 35.1 Å². The number of nitrogens with one attached hydrogen (secondary N) is 1. The first-order valence-electron chi connectivity index (χ1n) is 11.7. The molecule has 2 heterocycles. The van der Waals surface area contributed by atoms with E-state index in [-0.39, 0.29) is 5.56 Å². The predicted molar refractivity (Wildman–Crippen MR) is 148 cm³/mol. The van der Waals surface area contributed by atoms with Crippen LogP contribution in [0.2, 0.25) is 10.0 Å². The van der Waals surface area contributed by atoms with Crippen molar-refractivity contribution in [3.63, 3.8) is 0 Å². The molecule has 1 unspecified atom stereocenters. The summed E-state index contributed by atoms with van der Waals surface area (Å²) in [7, 11) is 3.74. The van der Waals surface area contributed by atoms with E-state index in [9.17, 15) is 4.79 Å². The lowest BCUT2D eigenvalue weighted by Gasteiger charge is -2.36. The van der Waals surface area contributed by atoms with E-state index >= 15 is 0 Å². The SMILES string of the molecule is CCn1cncc1C(NC)(c1ccc(Cl)cc1)c1ccc2c(c1)c(-c1cccc(Cl)c1)cc(=O)n2C. The molecule has 0 saturated carbocycles. The van der Waals surface area contributed by atoms with Crippen LogP contribution in [0.3, 0.4) is 0 Å². The highest BCUT2D eigenvalue weighted by atomic mass is 35.5. The van der Waals surface area contributed by atoms with Gasteiger partial charge in [-0.05, 0) is 72.6 Å². The predicted octanol–water partition coefficient (Wildman–Crippen LogP) is 6.24. The van der Waals surface area contributed by atoms with Crippen molar-refractivity contribution in [3.8, 4) is 11.1 Å². The Bertz CT molecular complexity index is 1620. The lowest BCUT2D eigenvalue weighted by molar-refractivity contribution is 0.482. The number of halogens is 2. The highest BCUT2D eigenvalue weighted by molar-refractivity contribution is 6.31. The van der Waals surface area contributed by atoms with Crippen molar-refractivity contribution < 1.29 is 0 Å². The van der Waals surface area contributed by atoms with Gasteiger partial charge in [0.1, 0.15) is 5.54 Å². The van der Waals surface area contributed by atoms with Crippen LogP contribution in [-0.2, 0) is 19.1 Å². The van der Waals surface area contributed by atoms with Gasteiger partial charge in [0.25, 0.3) is 5.56 Å². The standard InChI is InChI=1S/C29H26Cl2N4O/c1-4-35-18-33-17-27(35)29(32-2,20-8-11-22(30)12-9-20)21-10-13-26-25(15-21)24(16-28(36)34(26)3)19-6-5-7-23(31)14-19/h5-18,32H,4H2,1-3H3. The van der Waals surface area contributed by atoms with Crippen LogP contribution >= 0.6 is 23.2 Å². The minimum atomic E-state index is -0.717. The molecule has 5 aromatic rings. The summed E-state index contributed by atoms with van der Waals surface area (Å²) in [5.74, 6) is 0. The minimum absolute atomic E-state index is 0.0770.